The number of hydrogen-bond acceptors (Lipinski definition) is 5. The summed E-state index contributed by atoms with van der Waals surface area (Å²) in [7, 11) is 0. The number of carbonyl (C=O) groups excluding carboxylic acids is 2. The van der Waals surface area contributed by atoms with E-state index in [-0.39, 0.29) is 17.9 Å². The molecule has 1 heterocycles. The number of benzene rings is 1. The second-order valence-electron chi connectivity index (χ2n) is 9.97. The Balaban J connectivity index is 1.44. The molecule has 2 saturated carbocycles. The van der Waals surface area contributed by atoms with Gasteiger partial charge in [-0.1, -0.05) is 74.6 Å². The average Bonchev–Trinajstić information content (AvgIpc) is 3.32. The molecule has 7 nitrogen and oxygen atoms in total. The Bertz CT molecular complexity index is 994. The third kappa shape index (κ3) is 6.58. The van der Waals surface area contributed by atoms with Crippen LogP contribution in [-0.2, 0) is 11.3 Å². The maximum atomic E-state index is 13.6. The van der Waals surface area contributed by atoms with Gasteiger partial charge in [0.2, 0.25) is 5.91 Å². The summed E-state index contributed by atoms with van der Waals surface area (Å²) in [5.74, 6) is 1.08. The van der Waals surface area contributed by atoms with Crippen molar-refractivity contribution in [2.45, 2.75) is 101 Å². The Morgan fingerprint density at radius 2 is 1.67 bits per heavy atom. The van der Waals surface area contributed by atoms with Crippen molar-refractivity contribution in [3.63, 3.8) is 0 Å². The van der Waals surface area contributed by atoms with Crippen molar-refractivity contribution in [2.75, 3.05) is 5.75 Å². The van der Waals surface area contributed by atoms with Gasteiger partial charge in [0.15, 0.2) is 11.0 Å². The van der Waals surface area contributed by atoms with E-state index in [1.807, 2.05) is 29.7 Å². The van der Waals surface area contributed by atoms with Gasteiger partial charge in [0.25, 0.3) is 5.91 Å². The van der Waals surface area contributed by atoms with E-state index >= 15 is 0 Å². The Morgan fingerprint density at radius 1 is 1.06 bits per heavy atom. The highest BCUT2D eigenvalue weighted by Gasteiger charge is 2.32. The van der Waals surface area contributed by atoms with Crippen LogP contribution < -0.4 is 5.32 Å². The normalized spacial score (nSPS) is 17.9. The summed E-state index contributed by atoms with van der Waals surface area (Å²) in [5.41, 5.74) is 0.602. The van der Waals surface area contributed by atoms with E-state index in [1.54, 1.807) is 18.2 Å². The molecule has 1 N–H and O–H groups in total. The van der Waals surface area contributed by atoms with Gasteiger partial charge in [-0.15, -0.1) is 16.8 Å². The van der Waals surface area contributed by atoms with Crippen molar-refractivity contribution in [3.05, 3.63) is 54.4 Å². The van der Waals surface area contributed by atoms with Crippen LogP contribution >= 0.6 is 11.8 Å². The molecule has 2 aliphatic rings. The molecule has 2 fully saturated rings. The summed E-state index contributed by atoms with van der Waals surface area (Å²) in [4.78, 5) is 28.5. The number of carbonyl (C=O) groups is 2. The lowest BCUT2D eigenvalue weighted by atomic mass is 9.88. The molecule has 1 aromatic heterocycles. The lowest BCUT2D eigenvalue weighted by Gasteiger charge is -2.41. The predicted octanol–water partition coefficient (Wildman–Crippen LogP) is 5.54. The maximum Gasteiger partial charge on any atom is 0.251 e. The third-order valence-electron chi connectivity index (χ3n) is 7.38. The first-order valence-corrected chi connectivity index (χ1v) is 14.4. The van der Waals surface area contributed by atoms with Gasteiger partial charge in [-0.2, -0.15) is 0 Å². The van der Waals surface area contributed by atoms with E-state index in [1.165, 1.54) is 50.3 Å². The highest BCUT2D eigenvalue weighted by Crippen LogP contribution is 2.31. The van der Waals surface area contributed by atoms with Crippen LogP contribution in [0.3, 0.4) is 0 Å². The highest BCUT2D eigenvalue weighted by molar-refractivity contribution is 7.99. The zero-order chi connectivity index (χ0) is 25.3. The molecule has 36 heavy (non-hydrogen) atoms. The molecule has 4 rings (SSSR count). The zero-order valence-corrected chi connectivity index (χ0v) is 22.2. The Labute approximate surface area is 219 Å². The smallest absolute Gasteiger partial charge is 0.251 e. The topological polar surface area (TPSA) is 80.1 Å². The minimum atomic E-state index is -0.337. The van der Waals surface area contributed by atoms with Gasteiger partial charge in [0.1, 0.15) is 0 Å². The van der Waals surface area contributed by atoms with Crippen molar-refractivity contribution in [3.8, 4) is 0 Å². The Morgan fingerprint density at radius 3 is 2.25 bits per heavy atom. The molecule has 2 aliphatic carbocycles. The van der Waals surface area contributed by atoms with Crippen LogP contribution in [0.2, 0.25) is 0 Å². The summed E-state index contributed by atoms with van der Waals surface area (Å²) >= 11 is 1.44. The lowest BCUT2D eigenvalue weighted by molar-refractivity contribution is -0.135. The number of nitrogens with one attached hydrogen (secondary N) is 1. The molecule has 0 radical (unpaired) electrons. The van der Waals surface area contributed by atoms with Gasteiger partial charge in [-0.3, -0.25) is 9.59 Å². The van der Waals surface area contributed by atoms with Crippen LogP contribution in [-0.4, -0.2) is 49.3 Å². The van der Waals surface area contributed by atoms with Crippen LogP contribution in [0.1, 0.15) is 93.4 Å². The summed E-state index contributed by atoms with van der Waals surface area (Å²) in [6.45, 7) is 6.30. The van der Waals surface area contributed by atoms with E-state index < -0.39 is 0 Å². The number of aromatic nitrogens is 3. The number of allylic oxidation sites excluding steroid dienone is 1. The number of hydrogen-bond donors (Lipinski definition) is 1. The van der Waals surface area contributed by atoms with Crippen LogP contribution in [0, 0.1) is 0 Å². The minimum Gasteiger partial charge on any atom is -0.342 e. The van der Waals surface area contributed by atoms with Crippen molar-refractivity contribution in [1.82, 2.24) is 25.0 Å². The van der Waals surface area contributed by atoms with Crippen molar-refractivity contribution in [2.24, 2.45) is 0 Å². The molecule has 0 saturated heterocycles. The molecule has 1 aromatic carbocycles. The molecular weight excluding hydrogens is 470 g/mol. The van der Waals surface area contributed by atoms with Gasteiger partial charge < -0.3 is 14.8 Å². The van der Waals surface area contributed by atoms with E-state index in [9.17, 15) is 9.59 Å². The number of rotatable bonds is 10. The fourth-order valence-corrected chi connectivity index (χ4v) is 6.41. The zero-order valence-electron chi connectivity index (χ0n) is 21.4. The number of nitrogens with zero attached hydrogens (tertiary/aromatic N) is 4. The first-order valence-electron chi connectivity index (χ1n) is 13.4. The third-order valence-corrected chi connectivity index (χ3v) is 8.33. The van der Waals surface area contributed by atoms with E-state index in [4.69, 9.17) is 0 Å². The SMILES string of the molecule is C=CCn1c(SCC(=O)N(C2CCCCC2)C2CCCCC2)nnc1[C@H](C)NC(=O)c1ccccc1. The van der Waals surface area contributed by atoms with Crippen LogP contribution in [0.15, 0.2) is 48.1 Å². The van der Waals surface area contributed by atoms with Crippen LogP contribution in [0.5, 0.6) is 0 Å². The van der Waals surface area contributed by atoms with Crippen molar-refractivity contribution < 1.29 is 9.59 Å². The molecule has 0 spiro atoms. The summed E-state index contributed by atoms with van der Waals surface area (Å²) in [6.07, 6.45) is 13.7. The molecule has 0 aliphatic heterocycles. The molecule has 1 atom stereocenters. The van der Waals surface area contributed by atoms with Gasteiger partial charge in [-0.25, -0.2) is 0 Å². The first-order chi connectivity index (χ1) is 17.6. The fourth-order valence-electron chi connectivity index (χ4n) is 5.59. The second-order valence-corrected chi connectivity index (χ2v) is 10.9. The molecular formula is C28H39N5O2S. The highest BCUT2D eigenvalue weighted by atomic mass is 32.2. The molecule has 0 bridgehead atoms. The van der Waals surface area contributed by atoms with E-state index in [0.717, 1.165) is 25.7 Å². The van der Waals surface area contributed by atoms with Gasteiger partial charge in [0.05, 0.1) is 11.8 Å². The quantitative estimate of drug-likeness (QED) is 0.336. The Hall–Kier alpha value is -2.61. The lowest BCUT2D eigenvalue weighted by Crippen LogP contribution is -2.49. The first kappa shape index (κ1) is 26.5. The van der Waals surface area contributed by atoms with Gasteiger partial charge in [-0.05, 0) is 44.7 Å². The average molecular weight is 510 g/mol. The van der Waals surface area contributed by atoms with E-state index in [2.05, 4.69) is 27.0 Å². The minimum absolute atomic E-state index is 0.156. The van der Waals surface area contributed by atoms with Gasteiger partial charge >= 0.3 is 0 Å². The summed E-state index contributed by atoms with van der Waals surface area (Å²) in [5, 5.41) is 12.5. The van der Waals surface area contributed by atoms with Crippen molar-refractivity contribution in [1.29, 1.82) is 0 Å². The largest absolute Gasteiger partial charge is 0.342 e. The van der Waals surface area contributed by atoms with Crippen molar-refractivity contribution >= 4 is 23.6 Å². The number of amides is 2. The number of thioether (sulfide) groups is 1. The van der Waals surface area contributed by atoms with Crippen LogP contribution in [0.4, 0.5) is 0 Å². The molecule has 0 unspecified atom stereocenters. The van der Waals surface area contributed by atoms with E-state index in [0.29, 0.717) is 40.9 Å². The molecule has 2 aromatic rings. The monoisotopic (exact) mass is 509 g/mol. The maximum absolute atomic E-state index is 13.6. The summed E-state index contributed by atoms with van der Waals surface area (Å²) in [6, 6.07) is 9.56. The molecule has 194 valence electrons. The molecule has 8 heteroatoms. The predicted molar refractivity (Wildman–Crippen MR) is 144 cm³/mol. The fraction of sp³-hybridized carbons (Fsp3) is 0.571. The second kappa shape index (κ2) is 13.1. The van der Waals surface area contributed by atoms with Crippen LogP contribution in [0.25, 0.3) is 0 Å². The standard InChI is InChI=1S/C28H39N5O2S/c1-3-19-32-26(21(2)29-27(35)22-13-7-4-8-14-22)30-31-28(32)36-20-25(34)33(23-15-9-5-10-16-23)24-17-11-6-12-18-24/h3-4,7-8,13-14,21,23-24H,1,5-6,9-12,15-20H2,2H3,(H,29,35)/t21-/m0/s1. The Kier molecular flexibility index (Phi) is 9.61. The van der Waals surface area contributed by atoms with Gasteiger partial charge in [0, 0.05) is 24.2 Å². The molecule has 2 amide bonds. The summed E-state index contributed by atoms with van der Waals surface area (Å²) < 4.78 is 1.95.